The summed E-state index contributed by atoms with van der Waals surface area (Å²) in [4.78, 5) is 2.49. The summed E-state index contributed by atoms with van der Waals surface area (Å²) < 4.78 is 5.21. The molecule has 1 atom stereocenters. The number of methoxy groups -OCH3 is 1. The second kappa shape index (κ2) is 7.50. The molecule has 1 heterocycles. The SMILES string of the molecule is CCCCCN1CCCNC1c1ccc(O)c(OC)c1. The lowest BCUT2D eigenvalue weighted by molar-refractivity contribution is 0.128. The average molecular weight is 278 g/mol. The molecule has 1 aliphatic rings. The molecule has 0 spiro atoms. The van der Waals surface area contributed by atoms with Crippen LogP contribution in [-0.2, 0) is 0 Å². The van der Waals surface area contributed by atoms with Crippen LogP contribution in [0.15, 0.2) is 18.2 Å². The van der Waals surface area contributed by atoms with E-state index in [2.05, 4.69) is 17.1 Å². The van der Waals surface area contributed by atoms with Crippen molar-refractivity contribution in [3.05, 3.63) is 23.8 Å². The van der Waals surface area contributed by atoms with Crippen LogP contribution in [0.5, 0.6) is 11.5 Å². The molecule has 0 saturated carbocycles. The van der Waals surface area contributed by atoms with E-state index in [0.717, 1.165) is 25.2 Å². The summed E-state index contributed by atoms with van der Waals surface area (Å²) in [6.45, 7) is 5.52. The fourth-order valence-electron chi connectivity index (χ4n) is 2.78. The van der Waals surface area contributed by atoms with Crippen LogP contribution in [0.4, 0.5) is 0 Å². The molecule has 0 bridgehead atoms. The molecule has 20 heavy (non-hydrogen) atoms. The van der Waals surface area contributed by atoms with Crippen LogP contribution >= 0.6 is 0 Å². The van der Waals surface area contributed by atoms with Gasteiger partial charge in [0.15, 0.2) is 11.5 Å². The third-order valence-corrected chi connectivity index (χ3v) is 3.89. The molecule has 4 nitrogen and oxygen atoms in total. The van der Waals surface area contributed by atoms with Crippen LogP contribution in [0.1, 0.15) is 44.3 Å². The van der Waals surface area contributed by atoms with Crippen LogP contribution in [0, 0.1) is 0 Å². The van der Waals surface area contributed by atoms with Gasteiger partial charge in [-0.1, -0.05) is 25.8 Å². The maximum atomic E-state index is 9.71. The summed E-state index contributed by atoms with van der Waals surface area (Å²) in [7, 11) is 1.59. The number of phenolic OH excluding ortho intramolecular Hbond substituents is 1. The molecule has 2 N–H and O–H groups in total. The van der Waals surface area contributed by atoms with E-state index in [0.29, 0.717) is 5.75 Å². The summed E-state index contributed by atoms with van der Waals surface area (Å²) in [5, 5.41) is 13.3. The quantitative estimate of drug-likeness (QED) is 0.785. The Morgan fingerprint density at radius 3 is 3.00 bits per heavy atom. The number of aromatic hydroxyl groups is 1. The van der Waals surface area contributed by atoms with Gasteiger partial charge in [0.25, 0.3) is 0 Å². The zero-order valence-electron chi connectivity index (χ0n) is 12.6. The Balaban J connectivity index is 2.10. The molecular formula is C16H26N2O2. The fourth-order valence-corrected chi connectivity index (χ4v) is 2.78. The Labute approximate surface area is 121 Å². The maximum absolute atomic E-state index is 9.71. The lowest BCUT2D eigenvalue weighted by atomic mass is 10.1. The predicted octanol–water partition coefficient (Wildman–Crippen LogP) is 2.88. The van der Waals surface area contributed by atoms with Crippen molar-refractivity contribution < 1.29 is 9.84 Å². The van der Waals surface area contributed by atoms with Crippen molar-refractivity contribution in [1.82, 2.24) is 10.2 Å². The van der Waals surface area contributed by atoms with E-state index in [9.17, 15) is 5.11 Å². The number of unbranched alkanes of at least 4 members (excludes halogenated alkanes) is 2. The van der Waals surface area contributed by atoms with Crippen molar-refractivity contribution >= 4 is 0 Å². The van der Waals surface area contributed by atoms with Gasteiger partial charge in [-0.3, -0.25) is 10.2 Å². The molecule has 1 aromatic carbocycles. The molecule has 1 aromatic rings. The average Bonchev–Trinajstić information content (AvgIpc) is 2.49. The molecule has 1 saturated heterocycles. The van der Waals surface area contributed by atoms with Gasteiger partial charge in [-0.2, -0.15) is 0 Å². The Kier molecular flexibility index (Phi) is 5.68. The number of benzene rings is 1. The molecule has 1 unspecified atom stereocenters. The smallest absolute Gasteiger partial charge is 0.160 e. The first-order valence-corrected chi connectivity index (χ1v) is 7.60. The van der Waals surface area contributed by atoms with Gasteiger partial charge in [0.1, 0.15) is 0 Å². The van der Waals surface area contributed by atoms with Gasteiger partial charge >= 0.3 is 0 Å². The topological polar surface area (TPSA) is 44.7 Å². The van der Waals surface area contributed by atoms with Crippen molar-refractivity contribution in [2.45, 2.75) is 38.8 Å². The highest BCUT2D eigenvalue weighted by Gasteiger charge is 2.23. The minimum atomic E-state index is 0.199. The monoisotopic (exact) mass is 278 g/mol. The van der Waals surface area contributed by atoms with E-state index < -0.39 is 0 Å². The van der Waals surface area contributed by atoms with Crippen molar-refractivity contribution in [2.75, 3.05) is 26.7 Å². The molecule has 1 fully saturated rings. The van der Waals surface area contributed by atoms with Crippen LogP contribution in [-0.4, -0.2) is 36.8 Å². The Bertz CT molecular complexity index is 423. The zero-order valence-corrected chi connectivity index (χ0v) is 12.6. The second-order valence-corrected chi connectivity index (χ2v) is 5.38. The fraction of sp³-hybridized carbons (Fsp3) is 0.625. The van der Waals surface area contributed by atoms with Gasteiger partial charge in [0, 0.05) is 6.54 Å². The summed E-state index contributed by atoms with van der Waals surface area (Å²) >= 11 is 0. The third kappa shape index (κ3) is 3.64. The number of rotatable bonds is 6. The Hall–Kier alpha value is -1.26. The van der Waals surface area contributed by atoms with Crippen LogP contribution in [0.3, 0.4) is 0 Å². The third-order valence-electron chi connectivity index (χ3n) is 3.89. The minimum Gasteiger partial charge on any atom is -0.504 e. The number of hydrogen-bond acceptors (Lipinski definition) is 4. The number of phenols is 1. The Morgan fingerprint density at radius 2 is 2.25 bits per heavy atom. The summed E-state index contributed by atoms with van der Waals surface area (Å²) in [6, 6.07) is 5.63. The van der Waals surface area contributed by atoms with Gasteiger partial charge in [-0.15, -0.1) is 0 Å². The summed E-state index contributed by atoms with van der Waals surface area (Å²) in [5.41, 5.74) is 1.16. The standard InChI is InChI=1S/C16H26N2O2/c1-3-4-5-10-18-11-6-9-17-16(18)13-7-8-14(19)15(12-13)20-2/h7-8,12,16-17,19H,3-6,9-11H2,1-2H3. The highest BCUT2D eigenvalue weighted by atomic mass is 16.5. The molecule has 0 amide bonds. The van der Waals surface area contributed by atoms with Crippen LogP contribution in [0.25, 0.3) is 0 Å². The van der Waals surface area contributed by atoms with E-state index in [1.165, 1.54) is 25.7 Å². The molecule has 0 radical (unpaired) electrons. The van der Waals surface area contributed by atoms with Gasteiger partial charge in [0.2, 0.25) is 0 Å². The van der Waals surface area contributed by atoms with Crippen LogP contribution < -0.4 is 10.1 Å². The summed E-state index contributed by atoms with van der Waals surface area (Å²) in [5.74, 6) is 0.743. The van der Waals surface area contributed by atoms with Crippen molar-refractivity contribution in [1.29, 1.82) is 0 Å². The lowest BCUT2D eigenvalue weighted by Crippen LogP contribution is -2.45. The van der Waals surface area contributed by atoms with E-state index in [-0.39, 0.29) is 11.9 Å². The van der Waals surface area contributed by atoms with Gasteiger partial charge in [0.05, 0.1) is 13.3 Å². The summed E-state index contributed by atoms with van der Waals surface area (Å²) in [6.07, 6.45) is 5.19. The largest absolute Gasteiger partial charge is 0.504 e. The van der Waals surface area contributed by atoms with E-state index >= 15 is 0 Å². The highest BCUT2D eigenvalue weighted by molar-refractivity contribution is 5.42. The maximum Gasteiger partial charge on any atom is 0.160 e. The molecule has 4 heteroatoms. The van der Waals surface area contributed by atoms with E-state index in [1.807, 2.05) is 12.1 Å². The molecule has 0 aliphatic carbocycles. The van der Waals surface area contributed by atoms with Crippen molar-refractivity contribution in [3.63, 3.8) is 0 Å². The Morgan fingerprint density at radius 1 is 1.40 bits per heavy atom. The molecule has 112 valence electrons. The van der Waals surface area contributed by atoms with Gasteiger partial charge in [-0.25, -0.2) is 0 Å². The second-order valence-electron chi connectivity index (χ2n) is 5.38. The number of nitrogens with zero attached hydrogens (tertiary/aromatic N) is 1. The van der Waals surface area contributed by atoms with E-state index in [4.69, 9.17) is 4.74 Å². The van der Waals surface area contributed by atoms with E-state index in [1.54, 1.807) is 13.2 Å². The first kappa shape index (κ1) is 15.1. The molecule has 0 aromatic heterocycles. The number of ether oxygens (including phenoxy) is 1. The minimum absolute atomic E-state index is 0.199. The normalized spacial score (nSPS) is 20.0. The molecular weight excluding hydrogens is 252 g/mol. The van der Waals surface area contributed by atoms with Gasteiger partial charge in [-0.05, 0) is 43.6 Å². The lowest BCUT2D eigenvalue weighted by Gasteiger charge is -2.37. The molecule has 2 rings (SSSR count). The highest BCUT2D eigenvalue weighted by Crippen LogP contribution is 2.31. The van der Waals surface area contributed by atoms with Crippen LogP contribution in [0.2, 0.25) is 0 Å². The number of hydrogen-bond donors (Lipinski definition) is 2. The number of nitrogens with one attached hydrogen (secondary N) is 1. The molecule has 1 aliphatic heterocycles. The zero-order chi connectivity index (χ0) is 14.4. The first-order valence-electron chi connectivity index (χ1n) is 7.60. The van der Waals surface area contributed by atoms with Gasteiger partial charge < -0.3 is 9.84 Å². The first-order chi connectivity index (χ1) is 9.76. The van der Waals surface area contributed by atoms with Crippen molar-refractivity contribution in [2.24, 2.45) is 0 Å². The van der Waals surface area contributed by atoms with Crippen molar-refractivity contribution in [3.8, 4) is 11.5 Å². The predicted molar refractivity (Wildman–Crippen MR) is 81.1 cm³/mol.